The number of sulfonamides is 1. The van der Waals surface area contributed by atoms with E-state index >= 15 is 0 Å². The van der Waals surface area contributed by atoms with Crippen LogP contribution in [0.3, 0.4) is 0 Å². The van der Waals surface area contributed by atoms with Gasteiger partial charge in [-0.15, -0.1) is 11.3 Å². The van der Waals surface area contributed by atoms with Crippen molar-refractivity contribution in [1.29, 1.82) is 0 Å². The SMILES string of the molecule is CNc1cc(F)c(S(=O)(=O)Nc2cscn2)c(F)c1C. The van der Waals surface area contributed by atoms with Crippen LogP contribution in [-0.2, 0) is 10.0 Å². The lowest BCUT2D eigenvalue weighted by Gasteiger charge is -2.12. The minimum absolute atomic E-state index is 0.0177. The molecule has 2 rings (SSSR count). The number of aromatic nitrogens is 1. The van der Waals surface area contributed by atoms with E-state index in [1.165, 1.54) is 24.9 Å². The summed E-state index contributed by atoms with van der Waals surface area (Å²) >= 11 is 1.16. The van der Waals surface area contributed by atoms with Crippen LogP contribution in [0.2, 0.25) is 0 Å². The van der Waals surface area contributed by atoms with Crippen LogP contribution in [0.5, 0.6) is 0 Å². The van der Waals surface area contributed by atoms with E-state index in [2.05, 4.69) is 10.3 Å². The minimum Gasteiger partial charge on any atom is -0.388 e. The molecule has 0 atom stereocenters. The second-order valence-corrected chi connectivity index (χ2v) is 6.24. The molecule has 5 nitrogen and oxygen atoms in total. The molecular weight excluding hydrogens is 308 g/mol. The van der Waals surface area contributed by atoms with Crippen molar-refractivity contribution in [1.82, 2.24) is 4.98 Å². The predicted octanol–water partition coefficient (Wildman–Crippen LogP) is 2.57. The molecule has 108 valence electrons. The molecule has 0 saturated carbocycles. The van der Waals surface area contributed by atoms with E-state index in [0.29, 0.717) is 0 Å². The number of thiazole rings is 1. The van der Waals surface area contributed by atoms with Crippen molar-refractivity contribution in [2.24, 2.45) is 0 Å². The van der Waals surface area contributed by atoms with Crippen molar-refractivity contribution in [3.8, 4) is 0 Å². The van der Waals surface area contributed by atoms with E-state index in [0.717, 1.165) is 17.4 Å². The molecule has 1 aromatic carbocycles. The summed E-state index contributed by atoms with van der Waals surface area (Å²) in [4.78, 5) is 2.70. The van der Waals surface area contributed by atoms with Gasteiger partial charge in [0.05, 0.1) is 5.51 Å². The van der Waals surface area contributed by atoms with Gasteiger partial charge in [-0.2, -0.15) is 0 Å². The summed E-state index contributed by atoms with van der Waals surface area (Å²) in [7, 11) is -2.89. The molecule has 0 saturated heterocycles. The van der Waals surface area contributed by atoms with Gasteiger partial charge in [-0.05, 0) is 13.0 Å². The molecule has 2 N–H and O–H groups in total. The number of hydrogen-bond donors (Lipinski definition) is 2. The first-order valence-corrected chi connectivity index (χ1v) is 7.86. The molecule has 20 heavy (non-hydrogen) atoms. The summed E-state index contributed by atoms with van der Waals surface area (Å²) in [5.74, 6) is -2.28. The summed E-state index contributed by atoms with van der Waals surface area (Å²) in [5, 5.41) is 4.01. The molecule has 2 aromatic rings. The molecule has 0 radical (unpaired) electrons. The monoisotopic (exact) mass is 319 g/mol. The fraction of sp³-hybridized carbons (Fsp3) is 0.182. The number of hydrogen-bond acceptors (Lipinski definition) is 5. The Morgan fingerprint density at radius 3 is 2.60 bits per heavy atom. The molecule has 1 aromatic heterocycles. The van der Waals surface area contributed by atoms with Gasteiger partial charge in [-0.1, -0.05) is 0 Å². The lowest BCUT2D eigenvalue weighted by Crippen LogP contribution is -2.18. The first-order valence-electron chi connectivity index (χ1n) is 5.44. The average Bonchev–Trinajstić information content (AvgIpc) is 2.85. The molecule has 0 aliphatic heterocycles. The molecule has 0 aliphatic carbocycles. The molecule has 1 heterocycles. The Hall–Kier alpha value is -1.74. The zero-order valence-corrected chi connectivity index (χ0v) is 12.2. The highest BCUT2D eigenvalue weighted by molar-refractivity contribution is 7.92. The lowest BCUT2D eigenvalue weighted by atomic mass is 10.2. The predicted molar refractivity (Wildman–Crippen MR) is 73.6 cm³/mol. The van der Waals surface area contributed by atoms with Crippen LogP contribution in [0, 0.1) is 18.6 Å². The zero-order chi connectivity index (χ0) is 14.9. The Bertz CT molecular complexity index is 731. The first-order chi connectivity index (χ1) is 9.36. The highest BCUT2D eigenvalue weighted by atomic mass is 32.2. The summed E-state index contributed by atoms with van der Waals surface area (Å²) in [6.45, 7) is 1.36. The van der Waals surface area contributed by atoms with E-state index in [9.17, 15) is 17.2 Å². The van der Waals surface area contributed by atoms with Crippen LogP contribution < -0.4 is 10.0 Å². The molecular formula is C11H11F2N3O2S2. The first kappa shape index (κ1) is 14.7. The van der Waals surface area contributed by atoms with Gasteiger partial charge in [-0.25, -0.2) is 22.2 Å². The van der Waals surface area contributed by atoms with E-state index in [4.69, 9.17) is 0 Å². The third-order valence-corrected chi connectivity index (χ3v) is 4.61. The quantitative estimate of drug-likeness (QED) is 0.908. The van der Waals surface area contributed by atoms with Crippen molar-refractivity contribution in [3.05, 3.63) is 34.2 Å². The Balaban J connectivity index is 2.55. The number of halogens is 2. The number of nitrogens with one attached hydrogen (secondary N) is 2. The zero-order valence-electron chi connectivity index (χ0n) is 10.6. The van der Waals surface area contributed by atoms with Crippen LogP contribution in [0.25, 0.3) is 0 Å². The molecule has 0 aliphatic rings. The van der Waals surface area contributed by atoms with Gasteiger partial charge >= 0.3 is 0 Å². The lowest BCUT2D eigenvalue weighted by molar-refractivity contribution is 0.517. The summed E-state index contributed by atoms with van der Waals surface area (Å²) in [5.41, 5.74) is 1.61. The van der Waals surface area contributed by atoms with Crippen molar-refractivity contribution >= 4 is 32.9 Å². The average molecular weight is 319 g/mol. The van der Waals surface area contributed by atoms with Crippen molar-refractivity contribution < 1.29 is 17.2 Å². The Labute approximate surface area is 118 Å². The van der Waals surface area contributed by atoms with E-state index < -0.39 is 26.6 Å². The van der Waals surface area contributed by atoms with E-state index in [1.807, 2.05) is 4.72 Å². The number of nitrogens with zero attached hydrogens (tertiary/aromatic N) is 1. The fourth-order valence-electron chi connectivity index (χ4n) is 1.65. The van der Waals surface area contributed by atoms with Gasteiger partial charge in [0.1, 0.15) is 5.82 Å². The number of anilines is 2. The summed E-state index contributed by atoms with van der Waals surface area (Å²) in [6, 6.07) is 0.939. The van der Waals surface area contributed by atoms with Gasteiger partial charge in [0.15, 0.2) is 16.5 Å². The van der Waals surface area contributed by atoms with Gasteiger partial charge in [-0.3, -0.25) is 4.72 Å². The fourth-order valence-corrected chi connectivity index (χ4v) is 3.40. The van der Waals surface area contributed by atoms with Crippen molar-refractivity contribution in [3.63, 3.8) is 0 Å². The van der Waals surface area contributed by atoms with E-state index in [1.54, 1.807) is 0 Å². The normalized spacial score (nSPS) is 11.4. The highest BCUT2D eigenvalue weighted by Gasteiger charge is 2.27. The van der Waals surface area contributed by atoms with Crippen LogP contribution in [0.15, 0.2) is 21.9 Å². The maximum atomic E-state index is 14.1. The Morgan fingerprint density at radius 2 is 2.05 bits per heavy atom. The standard InChI is InChI=1S/C11H11F2N3O2S2/c1-6-8(14-2)3-7(12)11(10(6)13)20(17,18)16-9-4-19-5-15-9/h3-5,14,16H,1-2H3. The van der Waals surface area contributed by atoms with E-state index in [-0.39, 0.29) is 17.1 Å². The van der Waals surface area contributed by atoms with Crippen LogP contribution >= 0.6 is 11.3 Å². The molecule has 0 amide bonds. The van der Waals surface area contributed by atoms with Crippen LogP contribution in [0.4, 0.5) is 20.3 Å². The number of benzene rings is 1. The van der Waals surface area contributed by atoms with Gasteiger partial charge in [0.2, 0.25) is 0 Å². The van der Waals surface area contributed by atoms with Crippen LogP contribution in [-0.4, -0.2) is 20.4 Å². The van der Waals surface area contributed by atoms with Gasteiger partial charge in [0.25, 0.3) is 10.0 Å². The highest BCUT2D eigenvalue weighted by Crippen LogP contribution is 2.28. The molecule has 0 spiro atoms. The van der Waals surface area contributed by atoms with Crippen LogP contribution in [0.1, 0.15) is 5.56 Å². The third-order valence-electron chi connectivity index (χ3n) is 2.63. The number of rotatable bonds is 4. The van der Waals surface area contributed by atoms with Crippen molar-refractivity contribution in [2.45, 2.75) is 11.8 Å². The maximum absolute atomic E-state index is 14.1. The molecule has 0 unspecified atom stereocenters. The van der Waals surface area contributed by atoms with Gasteiger partial charge in [0, 0.05) is 23.7 Å². The maximum Gasteiger partial charge on any atom is 0.268 e. The summed E-state index contributed by atoms with van der Waals surface area (Å²) < 4.78 is 54.1. The third kappa shape index (κ3) is 2.59. The minimum atomic E-state index is -4.38. The second kappa shape index (κ2) is 5.33. The smallest absolute Gasteiger partial charge is 0.268 e. The Morgan fingerprint density at radius 1 is 1.35 bits per heavy atom. The molecule has 0 fully saturated rings. The second-order valence-electron chi connectivity index (χ2n) is 3.90. The summed E-state index contributed by atoms with van der Waals surface area (Å²) in [6.07, 6.45) is 0. The van der Waals surface area contributed by atoms with Crippen molar-refractivity contribution in [2.75, 3.05) is 17.1 Å². The largest absolute Gasteiger partial charge is 0.388 e. The topological polar surface area (TPSA) is 71.1 Å². The molecule has 9 heteroatoms. The molecule has 0 bridgehead atoms. The van der Waals surface area contributed by atoms with Gasteiger partial charge < -0.3 is 5.32 Å². The Kier molecular flexibility index (Phi) is 3.91.